The Kier molecular flexibility index (Phi) is 6.30. The molecule has 0 atom stereocenters. The number of carbonyl (C=O) groups excluding carboxylic acids is 1. The molecule has 3 aromatic rings. The third-order valence-electron chi connectivity index (χ3n) is 7.08. The molecule has 5 rings (SSSR count). The molecule has 3 N–H and O–H groups in total. The van der Waals surface area contributed by atoms with Crippen molar-refractivity contribution in [3.63, 3.8) is 0 Å². The lowest BCUT2D eigenvalue weighted by molar-refractivity contribution is 0.0793. The van der Waals surface area contributed by atoms with Gasteiger partial charge in [0, 0.05) is 30.7 Å². The molecule has 7 heteroatoms. The second-order valence-electron chi connectivity index (χ2n) is 9.73. The number of hydrogen-bond donors (Lipinski definition) is 3. The van der Waals surface area contributed by atoms with Gasteiger partial charge in [-0.15, -0.1) is 0 Å². The molecule has 0 unspecified atom stereocenters. The van der Waals surface area contributed by atoms with Gasteiger partial charge in [0.05, 0.1) is 21.7 Å². The van der Waals surface area contributed by atoms with Crippen LogP contribution >= 0.6 is 11.6 Å². The molecule has 1 aliphatic carbocycles. The molecule has 2 aromatic carbocycles. The fourth-order valence-corrected chi connectivity index (χ4v) is 5.20. The smallest absolute Gasteiger partial charge is 0.253 e. The topological polar surface area (TPSA) is 73.1 Å². The summed E-state index contributed by atoms with van der Waals surface area (Å²) in [5.74, 6) is 0.704. The number of aromatic amines is 1. The highest BCUT2D eigenvalue weighted by Gasteiger charge is 2.25. The lowest BCUT2D eigenvalue weighted by Crippen LogP contribution is -2.43. The van der Waals surface area contributed by atoms with Crippen LogP contribution in [0.4, 0.5) is 11.6 Å². The van der Waals surface area contributed by atoms with Crippen molar-refractivity contribution >= 4 is 40.2 Å². The van der Waals surface area contributed by atoms with Crippen LogP contribution in [-0.4, -0.2) is 39.4 Å². The summed E-state index contributed by atoms with van der Waals surface area (Å²) in [6.45, 7) is 4.83. The first-order valence-corrected chi connectivity index (χ1v) is 12.5. The van der Waals surface area contributed by atoms with E-state index in [4.69, 9.17) is 11.6 Å². The molecule has 1 aromatic heterocycles. The van der Waals surface area contributed by atoms with Crippen molar-refractivity contribution in [3.05, 3.63) is 52.5 Å². The Morgan fingerprint density at radius 3 is 2.67 bits per heavy atom. The summed E-state index contributed by atoms with van der Waals surface area (Å²) in [7, 11) is 0. The summed E-state index contributed by atoms with van der Waals surface area (Å²) in [5.41, 5.74) is 4.56. The van der Waals surface area contributed by atoms with Gasteiger partial charge in [0.2, 0.25) is 5.95 Å². The summed E-state index contributed by atoms with van der Waals surface area (Å²) >= 11 is 6.49. The molecule has 6 nitrogen and oxygen atoms in total. The number of amides is 1. The van der Waals surface area contributed by atoms with Crippen LogP contribution < -0.4 is 10.6 Å². The number of likely N-dealkylation sites (tertiary alicyclic amines) is 1. The molecule has 2 heterocycles. The molecule has 1 saturated heterocycles. The largest absolute Gasteiger partial charge is 0.339 e. The van der Waals surface area contributed by atoms with E-state index in [0.29, 0.717) is 16.5 Å². The average Bonchev–Trinajstić information content (AvgIpc) is 3.49. The molecular weight excluding hydrogens is 434 g/mol. The number of nitrogens with one attached hydrogen (secondary N) is 3. The number of carbonyl (C=O) groups is 1. The number of benzene rings is 2. The van der Waals surface area contributed by atoms with Crippen LogP contribution in [0.3, 0.4) is 0 Å². The van der Waals surface area contributed by atoms with E-state index in [9.17, 15) is 4.79 Å². The molecule has 0 radical (unpaired) electrons. The highest BCUT2D eigenvalue weighted by molar-refractivity contribution is 6.33. The second-order valence-corrected chi connectivity index (χ2v) is 10.1. The Balaban J connectivity index is 1.30. The zero-order chi connectivity index (χ0) is 22.8. The van der Waals surface area contributed by atoms with Gasteiger partial charge in [0.15, 0.2) is 0 Å². The molecule has 0 spiro atoms. The zero-order valence-corrected chi connectivity index (χ0v) is 20.0. The van der Waals surface area contributed by atoms with Crippen molar-refractivity contribution in [2.45, 2.75) is 64.0 Å². The number of hydrogen-bond acceptors (Lipinski definition) is 4. The monoisotopic (exact) mass is 465 g/mol. The summed E-state index contributed by atoms with van der Waals surface area (Å²) < 4.78 is 0. The van der Waals surface area contributed by atoms with E-state index in [-0.39, 0.29) is 11.4 Å². The van der Waals surface area contributed by atoms with Crippen LogP contribution in [0.1, 0.15) is 67.8 Å². The minimum Gasteiger partial charge on any atom is -0.339 e. The van der Waals surface area contributed by atoms with Gasteiger partial charge in [-0.25, -0.2) is 4.98 Å². The highest BCUT2D eigenvalue weighted by Crippen LogP contribution is 2.30. The fourth-order valence-electron chi connectivity index (χ4n) is 5.03. The quantitative estimate of drug-likeness (QED) is 0.417. The summed E-state index contributed by atoms with van der Waals surface area (Å²) in [4.78, 5) is 22.6. The zero-order valence-electron chi connectivity index (χ0n) is 19.2. The maximum absolute atomic E-state index is 12.7. The van der Waals surface area contributed by atoms with Gasteiger partial charge < -0.3 is 20.5 Å². The Hall–Kier alpha value is -2.57. The van der Waals surface area contributed by atoms with Crippen LogP contribution in [0.15, 0.2) is 36.4 Å². The third kappa shape index (κ3) is 5.02. The molecule has 0 bridgehead atoms. The van der Waals surface area contributed by atoms with Gasteiger partial charge in [-0.3, -0.25) is 4.79 Å². The van der Waals surface area contributed by atoms with E-state index in [1.54, 1.807) is 0 Å². The first-order valence-electron chi connectivity index (χ1n) is 12.1. The molecule has 174 valence electrons. The van der Waals surface area contributed by atoms with Crippen molar-refractivity contribution in [1.82, 2.24) is 20.2 Å². The van der Waals surface area contributed by atoms with Crippen molar-refractivity contribution in [3.8, 4) is 0 Å². The number of nitrogens with zero attached hydrogens (tertiary/aromatic N) is 2. The summed E-state index contributed by atoms with van der Waals surface area (Å²) in [5, 5.41) is 7.73. The number of rotatable bonds is 6. The standard InChI is InChI=1S/C26H32ClN5O/c1-26(11-3-2-4-12-26)28-17-18-7-9-20(27)22(15-18)30-25-29-21-10-8-19(16-23(21)31-25)24(33)32-13-5-6-14-32/h7-10,15-16,28H,2-6,11-14,17H2,1H3,(H2,29,30,31). The van der Waals surface area contributed by atoms with Crippen LogP contribution in [0.2, 0.25) is 5.02 Å². The Labute approximate surface area is 200 Å². The molecule has 1 saturated carbocycles. The van der Waals surface area contributed by atoms with Crippen molar-refractivity contribution in [2.24, 2.45) is 0 Å². The van der Waals surface area contributed by atoms with E-state index in [1.165, 1.54) is 37.7 Å². The van der Waals surface area contributed by atoms with E-state index < -0.39 is 0 Å². The first-order chi connectivity index (χ1) is 16.0. The van der Waals surface area contributed by atoms with E-state index in [0.717, 1.165) is 49.2 Å². The van der Waals surface area contributed by atoms with E-state index in [2.05, 4.69) is 39.7 Å². The van der Waals surface area contributed by atoms with Crippen LogP contribution in [0.25, 0.3) is 11.0 Å². The lowest BCUT2D eigenvalue weighted by atomic mass is 9.83. The number of halogens is 1. The van der Waals surface area contributed by atoms with Gasteiger partial charge in [-0.05, 0) is 68.5 Å². The Morgan fingerprint density at radius 1 is 1.09 bits per heavy atom. The molecule has 2 aliphatic rings. The van der Waals surface area contributed by atoms with Crippen molar-refractivity contribution < 1.29 is 4.79 Å². The summed E-state index contributed by atoms with van der Waals surface area (Å²) in [6.07, 6.45) is 8.57. The van der Waals surface area contributed by atoms with E-state index >= 15 is 0 Å². The Morgan fingerprint density at radius 2 is 1.88 bits per heavy atom. The van der Waals surface area contributed by atoms with Crippen molar-refractivity contribution in [2.75, 3.05) is 18.4 Å². The SMILES string of the molecule is CC1(NCc2ccc(Cl)c(Nc3nc4ccc(C(=O)N5CCCC5)cc4[nH]3)c2)CCCCC1. The predicted octanol–water partition coefficient (Wildman–Crippen LogP) is 6.01. The van der Waals surface area contributed by atoms with Gasteiger partial charge in [0.1, 0.15) is 0 Å². The average molecular weight is 466 g/mol. The third-order valence-corrected chi connectivity index (χ3v) is 7.41. The summed E-state index contributed by atoms with van der Waals surface area (Å²) in [6, 6.07) is 11.7. The maximum atomic E-state index is 12.7. The highest BCUT2D eigenvalue weighted by atomic mass is 35.5. The van der Waals surface area contributed by atoms with Crippen LogP contribution in [-0.2, 0) is 6.54 Å². The first kappa shape index (κ1) is 22.2. The fraction of sp³-hybridized carbons (Fsp3) is 0.462. The molecular formula is C26H32ClN5O. The van der Waals surface area contributed by atoms with Gasteiger partial charge >= 0.3 is 0 Å². The van der Waals surface area contributed by atoms with Crippen LogP contribution in [0, 0.1) is 0 Å². The number of anilines is 2. The Bertz CT molecular complexity index is 1140. The lowest BCUT2D eigenvalue weighted by Gasteiger charge is -2.35. The maximum Gasteiger partial charge on any atom is 0.253 e. The normalized spacial score (nSPS) is 18.1. The number of fused-ring (bicyclic) bond motifs is 1. The molecule has 1 amide bonds. The van der Waals surface area contributed by atoms with Crippen molar-refractivity contribution in [1.29, 1.82) is 0 Å². The van der Waals surface area contributed by atoms with Gasteiger partial charge in [-0.2, -0.15) is 0 Å². The number of H-pyrrole nitrogens is 1. The number of imidazole rings is 1. The van der Waals surface area contributed by atoms with Gasteiger partial charge in [-0.1, -0.05) is 36.9 Å². The number of aromatic nitrogens is 2. The predicted molar refractivity (Wildman–Crippen MR) is 134 cm³/mol. The van der Waals surface area contributed by atoms with Crippen LogP contribution in [0.5, 0.6) is 0 Å². The van der Waals surface area contributed by atoms with Gasteiger partial charge in [0.25, 0.3) is 5.91 Å². The minimum absolute atomic E-state index is 0.0911. The second kappa shape index (κ2) is 9.35. The molecule has 2 fully saturated rings. The molecule has 33 heavy (non-hydrogen) atoms. The van der Waals surface area contributed by atoms with E-state index in [1.807, 2.05) is 29.2 Å². The minimum atomic E-state index is 0.0911. The molecule has 1 aliphatic heterocycles.